The second kappa shape index (κ2) is 24.3. The molecule has 0 amide bonds. The maximum atomic E-state index is 7.92. The predicted molar refractivity (Wildman–Crippen MR) is 448 cm³/mol. The van der Waals surface area contributed by atoms with Crippen LogP contribution in [0.25, 0.3) is 0 Å². The normalized spacial score (nSPS) is 14.5. The molecule has 0 aromatic heterocycles. The maximum Gasteiger partial charge on any atom is 0.256 e. The van der Waals surface area contributed by atoms with E-state index in [2.05, 4.69) is 384 Å². The van der Waals surface area contributed by atoms with E-state index in [1.165, 1.54) is 83.3 Å². The van der Waals surface area contributed by atoms with E-state index in [1.807, 2.05) is 0 Å². The van der Waals surface area contributed by atoms with Gasteiger partial charge in [-0.3, -0.25) is 0 Å². The van der Waals surface area contributed by atoms with Crippen molar-refractivity contribution in [2.75, 3.05) is 14.7 Å². The third kappa shape index (κ3) is 12.9. The minimum atomic E-state index is -0.296. The second-order valence-corrected chi connectivity index (χ2v) is 39.7. The first-order chi connectivity index (χ1) is 48.2. The maximum absolute atomic E-state index is 7.92. The van der Waals surface area contributed by atoms with E-state index < -0.39 is 0 Å². The van der Waals surface area contributed by atoms with Crippen molar-refractivity contribution in [1.29, 1.82) is 0 Å². The van der Waals surface area contributed by atoms with Crippen molar-refractivity contribution < 1.29 is 14.2 Å². The van der Waals surface area contributed by atoms with E-state index in [0.717, 1.165) is 79.5 Å². The van der Waals surface area contributed by atoms with Crippen molar-refractivity contribution in [3.05, 3.63) is 232 Å². The highest BCUT2D eigenvalue weighted by Gasteiger charge is 2.51. The van der Waals surface area contributed by atoms with Crippen LogP contribution in [0.4, 0.5) is 51.2 Å². The van der Waals surface area contributed by atoms with E-state index in [4.69, 9.17) is 14.2 Å². The van der Waals surface area contributed by atoms with Gasteiger partial charge >= 0.3 is 0 Å². The third-order valence-corrected chi connectivity index (χ3v) is 22.4. The lowest BCUT2D eigenvalue weighted by atomic mass is 9.29. The second-order valence-electron chi connectivity index (χ2n) is 39.7. The topological polar surface area (TPSA) is 37.4 Å². The third-order valence-electron chi connectivity index (χ3n) is 22.4. The Labute approximate surface area is 624 Å². The molecular weight excluding hydrogens is 1260 g/mol. The van der Waals surface area contributed by atoms with Crippen LogP contribution in [0.15, 0.2) is 182 Å². The summed E-state index contributed by atoms with van der Waals surface area (Å²) in [6.45, 7) is 62.4. The molecule has 4 aliphatic heterocycles. The number of rotatable bonds is 7. The smallest absolute Gasteiger partial charge is 0.256 e. The van der Waals surface area contributed by atoms with Crippen LogP contribution in [0, 0.1) is 0 Å². The first kappa shape index (κ1) is 72.1. The van der Waals surface area contributed by atoms with Gasteiger partial charge in [0.15, 0.2) is 0 Å². The molecule has 0 fully saturated rings. The molecule has 0 atom stereocenters. The van der Waals surface area contributed by atoms with Gasteiger partial charge in [0.25, 0.3) is 13.4 Å². The Morgan fingerprint density at radius 2 is 0.519 bits per heavy atom. The van der Waals surface area contributed by atoms with Gasteiger partial charge in [0.1, 0.15) is 34.5 Å². The van der Waals surface area contributed by atoms with E-state index in [1.54, 1.807) is 0 Å². The lowest BCUT2D eigenvalue weighted by Crippen LogP contribution is -2.65. The fraction of sp³-hybridized carbons (Fsp3) is 0.375. The van der Waals surface area contributed by atoms with Crippen LogP contribution in [0.5, 0.6) is 34.5 Å². The molecule has 0 spiro atoms. The number of ether oxygens (including phenoxy) is 3. The van der Waals surface area contributed by atoms with Gasteiger partial charge in [-0.15, -0.1) is 0 Å². The lowest BCUT2D eigenvalue weighted by molar-refractivity contribution is 0.462. The highest BCUT2D eigenvalue weighted by atomic mass is 16.5. The van der Waals surface area contributed by atoms with Crippen molar-refractivity contribution >= 4 is 97.4 Å². The Morgan fingerprint density at radius 1 is 0.231 bits per heavy atom. The summed E-state index contributed by atoms with van der Waals surface area (Å²) in [5.41, 5.74) is 27.5. The lowest BCUT2D eigenvalue weighted by Gasteiger charge is -2.47. The van der Waals surface area contributed by atoms with Crippen molar-refractivity contribution in [2.24, 2.45) is 0 Å². The average molecular weight is 1380 g/mol. The van der Waals surface area contributed by atoms with Crippen LogP contribution in [-0.2, 0) is 48.7 Å². The molecule has 0 unspecified atom stereocenters. The minimum absolute atomic E-state index is 0.0205. The van der Waals surface area contributed by atoms with Gasteiger partial charge in [-0.2, -0.15) is 0 Å². The monoisotopic (exact) mass is 1380 g/mol. The number of benzene rings is 10. The van der Waals surface area contributed by atoms with E-state index in [9.17, 15) is 0 Å². The molecule has 0 radical (unpaired) electrons. The molecule has 10 aromatic carbocycles. The summed E-state index contributed by atoms with van der Waals surface area (Å²) < 4.78 is 22.5. The molecule has 0 bridgehead atoms. The summed E-state index contributed by atoms with van der Waals surface area (Å²) >= 11 is 0. The summed E-state index contributed by atoms with van der Waals surface area (Å²) in [6, 6.07) is 69.8. The molecule has 4 heterocycles. The largest absolute Gasteiger partial charge is 0.458 e. The molecule has 534 valence electrons. The summed E-state index contributed by atoms with van der Waals surface area (Å²) in [7, 11) is 0. The van der Waals surface area contributed by atoms with Crippen LogP contribution in [0.3, 0.4) is 0 Å². The molecule has 0 aliphatic carbocycles. The Balaban J connectivity index is 1.12. The van der Waals surface area contributed by atoms with Gasteiger partial charge in [-0.25, -0.2) is 0 Å². The first-order valence-electron chi connectivity index (χ1n) is 38.1. The van der Waals surface area contributed by atoms with Crippen molar-refractivity contribution in [2.45, 2.75) is 236 Å². The summed E-state index contributed by atoms with van der Waals surface area (Å²) in [5.74, 6) is 4.59. The molecule has 0 N–H and O–H groups in total. The summed E-state index contributed by atoms with van der Waals surface area (Å²) in [5, 5.41) is 0. The summed E-state index contributed by atoms with van der Waals surface area (Å²) in [4.78, 5) is 7.67. The van der Waals surface area contributed by atoms with Crippen molar-refractivity contribution in [3.63, 3.8) is 0 Å². The molecule has 8 heteroatoms. The number of hydrogen-bond acceptors (Lipinski definition) is 6. The zero-order chi connectivity index (χ0) is 75.0. The van der Waals surface area contributed by atoms with E-state index in [0.29, 0.717) is 5.75 Å². The van der Waals surface area contributed by atoms with Crippen LogP contribution in [0.1, 0.15) is 237 Å². The Morgan fingerprint density at radius 3 is 0.846 bits per heavy atom. The fourth-order valence-electron chi connectivity index (χ4n) is 16.1. The fourth-order valence-corrected chi connectivity index (χ4v) is 16.1. The van der Waals surface area contributed by atoms with Crippen LogP contribution in [-0.4, -0.2) is 13.4 Å². The first-order valence-corrected chi connectivity index (χ1v) is 38.1. The Kier molecular flexibility index (Phi) is 16.9. The van der Waals surface area contributed by atoms with Crippen LogP contribution >= 0.6 is 0 Å². The standard InChI is InChI=1S/C96H111B2N3O3/c1-88(2,3)58-28-38-65(39-29-58)99-76-57-82-75(98-85-73(96(25,26)27)49-64(94(19,20)21)51-78(85)101(67-42-32-60(33-43-67)90(7,8)9)81-54-71(55-83(104-82)87(81)98)103-69-46-36-62(37-47-69)92(13,14)15)56-74(76)97-84-72(95(22,23)24)48-63(93(16,17)18)50-77(84)100(66-40-30-59(31-41-66)89(4,5)6)80-53-70(52-79(99)86(80)97)102-68-44-34-61(35-45-68)91(10,11)12/h28-57H,1-27H3. The van der Waals surface area contributed by atoms with Gasteiger partial charge in [0.2, 0.25) is 0 Å². The van der Waals surface area contributed by atoms with Crippen molar-refractivity contribution in [1.82, 2.24) is 0 Å². The quantitative estimate of drug-likeness (QED) is 0.148. The number of nitrogens with zero attached hydrogens (tertiary/aromatic N) is 3. The molecule has 0 saturated carbocycles. The highest BCUT2D eigenvalue weighted by molar-refractivity contribution is 7.03. The van der Waals surface area contributed by atoms with Crippen molar-refractivity contribution in [3.8, 4) is 34.5 Å². The molecule has 6 nitrogen and oxygen atoms in total. The van der Waals surface area contributed by atoms with Gasteiger partial charge in [-0.05, 0) is 204 Å². The minimum Gasteiger partial charge on any atom is -0.458 e. The molecule has 14 rings (SSSR count). The molecule has 10 aromatic rings. The van der Waals surface area contributed by atoms with Gasteiger partial charge in [0, 0.05) is 81.5 Å². The Bertz CT molecular complexity index is 5020. The predicted octanol–water partition coefficient (Wildman–Crippen LogP) is 23.4. The molecule has 0 saturated heterocycles. The van der Waals surface area contributed by atoms with Crippen LogP contribution < -0.4 is 61.7 Å². The van der Waals surface area contributed by atoms with E-state index >= 15 is 0 Å². The van der Waals surface area contributed by atoms with Gasteiger partial charge < -0.3 is 28.9 Å². The number of anilines is 9. The number of fused-ring (bicyclic) bond motifs is 8. The molecule has 104 heavy (non-hydrogen) atoms. The van der Waals surface area contributed by atoms with E-state index in [-0.39, 0.29) is 62.2 Å². The van der Waals surface area contributed by atoms with Gasteiger partial charge in [-0.1, -0.05) is 266 Å². The zero-order valence-electron chi connectivity index (χ0n) is 67.5. The summed E-state index contributed by atoms with van der Waals surface area (Å²) in [6.07, 6.45) is 0. The SMILES string of the molecule is CC(C)(C)c1ccc(Oc2cc3c4c(c2)N(c2ccc(C(C)(C)C)cc2)c2cc(C(C)(C)C)cc(C(C)(C)C)c2B4c2cc4c(cc2O3)N(c2ccc(C(C)(C)C)cc2)c2cc(Oc3ccc(C(C)(C)C)cc3)cc3c2B4c2c(cc(C(C)(C)C)cc2C(C)(C)C)N3c2ccc(C(C)(C)C)cc2)cc1. The molecule has 4 aliphatic rings. The zero-order valence-corrected chi connectivity index (χ0v) is 67.5. The highest BCUT2D eigenvalue weighted by Crippen LogP contribution is 2.53. The Hall–Kier alpha value is -8.87. The molecular formula is C96H111B2N3O3. The van der Waals surface area contributed by atoms with Crippen LogP contribution in [0.2, 0.25) is 0 Å². The van der Waals surface area contributed by atoms with Gasteiger partial charge in [0.05, 0.1) is 0 Å². The number of hydrogen-bond donors (Lipinski definition) is 0. The average Bonchev–Trinajstić information content (AvgIpc) is 0.684.